The van der Waals surface area contributed by atoms with E-state index in [0.717, 1.165) is 57.3 Å². The minimum absolute atomic E-state index is 0.0174. The lowest BCUT2D eigenvalue weighted by atomic mass is 9.80. The van der Waals surface area contributed by atoms with E-state index in [1.807, 2.05) is 0 Å². The van der Waals surface area contributed by atoms with Crippen molar-refractivity contribution in [3.63, 3.8) is 0 Å². The second-order valence-electron chi connectivity index (χ2n) is 8.51. The first-order valence-electron chi connectivity index (χ1n) is 11.7. The van der Waals surface area contributed by atoms with Crippen LogP contribution >= 0.6 is 0 Å². The molecule has 0 aromatic heterocycles. The maximum Gasteiger partial charge on any atom is 0.314 e. The molecule has 1 fully saturated rings. The third kappa shape index (κ3) is 9.18. The first-order chi connectivity index (χ1) is 14.1. The lowest BCUT2D eigenvalue weighted by Crippen LogP contribution is -2.25. The van der Waals surface area contributed by atoms with E-state index in [-0.39, 0.29) is 18.5 Å². The Morgan fingerprint density at radius 3 is 2.28 bits per heavy atom. The maximum atomic E-state index is 13.9. The number of benzene rings is 1. The van der Waals surface area contributed by atoms with E-state index >= 15 is 0 Å². The lowest BCUT2D eigenvalue weighted by molar-refractivity contribution is -0.140. The van der Waals surface area contributed by atoms with Gasteiger partial charge in [0, 0.05) is 0 Å². The first kappa shape index (κ1) is 23.7. The van der Waals surface area contributed by atoms with Gasteiger partial charge in [0.2, 0.25) is 0 Å². The molecule has 29 heavy (non-hydrogen) atoms. The van der Waals surface area contributed by atoms with Crippen molar-refractivity contribution in [2.45, 2.75) is 97.1 Å². The number of unbranched alkanes of at least 4 members (excludes halogenated alkanes) is 4. The summed E-state index contributed by atoms with van der Waals surface area (Å²) in [5, 5.41) is 0. The van der Waals surface area contributed by atoms with E-state index in [0.29, 0.717) is 17.9 Å². The largest absolute Gasteiger partial charge is 0.491 e. The van der Waals surface area contributed by atoms with E-state index < -0.39 is 6.17 Å². The number of esters is 1. The van der Waals surface area contributed by atoms with Gasteiger partial charge in [-0.15, -0.1) is 0 Å². The van der Waals surface area contributed by atoms with Crippen LogP contribution in [-0.2, 0) is 4.79 Å². The molecule has 0 aliphatic heterocycles. The number of alkyl halides is 1. The molecular formula is C25H39FO3. The topological polar surface area (TPSA) is 35.5 Å². The summed E-state index contributed by atoms with van der Waals surface area (Å²) in [6.45, 7) is 4.45. The van der Waals surface area contributed by atoms with Gasteiger partial charge < -0.3 is 9.47 Å². The number of halogens is 1. The Labute approximate surface area is 176 Å². The number of carbonyl (C=O) groups is 1. The van der Waals surface area contributed by atoms with Crippen molar-refractivity contribution in [2.75, 3.05) is 6.61 Å². The summed E-state index contributed by atoms with van der Waals surface area (Å²) in [4.78, 5) is 12.4. The summed E-state index contributed by atoms with van der Waals surface area (Å²) in [6, 6.07) is 6.95. The highest BCUT2D eigenvalue weighted by atomic mass is 19.1. The van der Waals surface area contributed by atoms with Crippen molar-refractivity contribution in [3.05, 3.63) is 24.3 Å². The van der Waals surface area contributed by atoms with Crippen molar-refractivity contribution >= 4 is 5.97 Å². The molecule has 2 rings (SSSR count). The van der Waals surface area contributed by atoms with Gasteiger partial charge in [-0.25, -0.2) is 4.39 Å². The van der Waals surface area contributed by atoms with Crippen LogP contribution in [0.4, 0.5) is 4.39 Å². The average Bonchev–Trinajstić information content (AvgIpc) is 2.75. The second-order valence-corrected chi connectivity index (χ2v) is 8.51. The zero-order valence-corrected chi connectivity index (χ0v) is 18.3. The van der Waals surface area contributed by atoms with Crippen molar-refractivity contribution in [1.29, 1.82) is 0 Å². The van der Waals surface area contributed by atoms with Crippen LogP contribution in [0.25, 0.3) is 0 Å². The highest BCUT2D eigenvalue weighted by molar-refractivity contribution is 5.75. The molecule has 1 aromatic rings. The fourth-order valence-corrected chi connectivity index (χ4v) is 4.05. The predicted molar refractivity (Wildman–Crippen MR) is 116 cm³/mol. The van der Waals surface area contributed by atoms with Gasteiger partial charge in [-0.3, -0.25) is 4.79 Å². The maximum absolute atomic E-state index is 13.9. The highest BCUT2D eigenvalue weighted by Gasteiger charge is 2.27. The molecule has 0 bridgehead atoms. The number of hydrogen-bond acceptors (Lipinski definition) is 3. The Morgan fingerprint density at radius 2 is 1.62 bits per heavy atom. The Kier molecular flexibility index (Phi) is 11.1. The van der Waals surface area contributed by atoms with Crippen molar-refractivity contribution in [1.82, 2.24) is 0 Å². The fraction of sp³-hybridized carbons (Fsp3) is 0.720. The third-order valence-corrected chi connectivity index (χ3v) is 5.99. The van der Waals surface area contributed by atoms with Crippen LogP contribution in [-0.4, -0.2) is 18.7 Å². The smallest absolute Gasteiger partial charge is 0.314 e. The number of hydrogen-bond donors (Lipinski definition) is 0. The Hall–Kier alpha value is -1.58. The zero-order valence-electron chi connectivity index (χ0n) is 18.3. The van der Waals surface area contributed by atoms with Gasteiger partial charge in [-0.05, 0) is 62.3 Å². The molecule has 0 radical (unpaired) electrons. The SMILES string of the molecule is CCCCCCC(F)COc1ccc(OC(=O)[C@H]2CC[C@H](CCCC)CC2)cc1. The summed E-state index contributed by atoms with van der Waals surface area (Å²) >= 11 is 0. The van der Waals surface area contributed by atoms with Gasteiger partial charge in [-0.1, -0.05) is 58.8 Å². The minimum Gasteiger partial charge on any atom is -0.491 e. The van der Waals surface area contributed by atoms with E-state index in [1.165, 1.54) is 19.3 Å². The van der Waals surface area contributed by atoms with Crippen LogP contribution in [0.3, 0.4) is 0 Å². The highest BCUT2D eigenvalue weighted by Crippen LogP contribution is 2.33. The predicted octanol–water partition coefficient (Wildman–Crippen LogP) is 7.28. The van der Waals surface area contributed by atoms with E-state index in [9.17, 15) is 9.18 Å². The van der Waals surface area contributed by atoms with E-state index in [4.69, 9.17) is 9.47 Å². The van der Waals surface area contributed by atoms with E-state index in [2.05, 4.69) is 13.8 Å². The molecule has 0 spiro atoms. The van der Waals surface area contributed by atoms with Crippen LogP contribution in [0, 0.1) is 11.8 Å². The molecule has 1 aliphatic carbocycles. The van der Waals surface area contributed by atoms with Crippen LogP contribution in [0.1, 0.15) is 90.9 Å². The van der Waals surface area contributed by atoms with Gasteiger partial charge in [0.25, 0.3) is 0 Å². The van der Waals surface area contributed by atoms with Crippen molar-refractivity contribution in [2.24, 2.45) is 11.8 Å². The molecule has 1 saturated carbocycles. The molecule has 164 valence electrons. The monoisotopic (exact) mass is 406 g/mol. The normalized spacial score (nSPS) is 20.2. The van der Waals surface area contributed by atoms with Gasteiger partial charge in [0.15, 0.2) is 0 Å². The van der Waals surface area contributed by atoms with Gasteiger partial charge in [0.05, 0.1) is 5.92 Å². The van der Waals surface area contributed by atoms with Crippen LogP contribution < -0.4 is 9.47 Å². The molecule has 1 aliphatic rings. The molecule has 1 atom stereocenters. The Bertz CT molecular complexity index is 564. The Balaban J connectivity index is 1.67. The summed E-state index contributed by atoms with van der Waals surface area (Å²) in [5.41, 5.74) is 0. The lowest BCUT2D eigenvalue weighted by Gasteiger charge is -2.27. The number of ether oxygens (including phenoxy) is 2. The standard InChI is InChI=1S/C25H39FO3/c1-3-5-7-8-10-22(26)19-28-23-15-17-24(18-16-23)29-25(27)21-13-11-20(12-14-21)9-6-4-2/h15-18,20-22H,3-14,19H2,1-2H3/t20-,21-,22?. The zero-order chi connectivity index (χ0) is 20.9. The number of rotatable bonds is 13. The first-order valence-corrected chi connectivity index (χ1v) is 11.7. The molecule has 0 heterocycles. The summed E-state index contributed by atoms with van der Waals surface area (Å²) < 4.78 is 25.0. The van der Waals surface area contributed by atoms with Crippen molar-refractivity contribution in [3.8, 4) is 11.5 Å². The second kappa shape index (κ2) is 13.6. The van der Waals surface area contributed by atoms with Crippen LogP contribution in [0.15, 0.2) is 24.3 Å². The molecular weight excluding hydrogens is 367 g/mol. The molecule has 4 heteroatoms. The molecule has 3 nitrogen and oxygen atoms in total. The third-order valence-electron chi connectivity index (χ3n) is 5.99. The van der Waals surface area contributed by atoms with Crippen molar-refractivity contribution < 1.29 is 18.7 Å². The quantitative estimate of drug-likeness (QED) is 0.196. The molecule has 0 amide bonds. The summed E-state index contributed by atoms with van der Waals surface area (Å²) in [7, 11) is 0. The van der Waals surface area contributed by atoms with Gasteiger partial charge in [-0.2, -0.15) is 0 Å². The Morgan fingerprint density at radius 1 is 0.966 bits per heavy atom. The average molecular weight is 407 g/mol. The van der Waals surface area contributed by atoms with E-state index in [1.54, 1.807) is 24.3 Å². The van der Waals surface area contributed by atoms with Crippen LogP contribution in [0.5, 0.6) is 11.5 Å². The molecule has 0 saturated heterocycles. The fourth-order valence-electron chi connectivity index (χ4n) is 4.05. The van der Waals surface area contributed by atoms with Gasteiger partial charge >= 0.3 is 5.97 Å². The number of carbonyl (C=O) groups excluding carboxylic acids is 1. The minimum atomic E-state index is -0.934. The molecule has 0 N–H and O–H groups in total. The molecule has 1 aromatic carbocycles. The summed E-state index contributed by atoms with van der Waals surface area (Å²) in [6.07, 6.45) is 11.9. The van der Waals surface area contributed by atoms with Crippen LogP contribution in [0.2, 0.25) is 0 Å². The van der Waals surface area contributed by atoms with Gasteiger partial charge in [0.1, 0.15) is 24.3 Å². The molecule has 1 unspecified atom stereocenters. The summed E-state index contributed by atoms with van der Waals surface area (Å²) in [5.74, 6) is 1.82.